The Labute approximate surface area is 63.6 Å². The van der Waals surface area contributed by atoms with E-state index in [0.29, 0.717) is 0 Å². The molecular weight excluding hydrogens is 152 g/mol. The number of carbonyl (C=O) groups is 2. The Morgan fingerprint density at radius 2 is 1.36 bits per heavy atom. The van der Waals surface area contributed by atoms with Crippen molar-refractivity contribution in [3.63, 3.8) is 0 Å². The van der Waals surface area contributed by atoms with Crippen molar-refractivity contribution in [3.8, 4) is 0 Å². The summed E-state index contributed by atoms with van der Waals surface area (Å²) < 4.78 is 4.00. The summed E-state index contributed by atoms with van der Waals surface area (Å²) in [6, 6.07) is 0. The first-order valence-corrected chi connectivity index (χ1v) is 3.06. The summed E-state index contributed by atoms with van der Waals surface area (Å²) in [4.78, 5) is 20.9. The molecule has 0 unspecified atom stereocenters. The van der Waals surface area contributed by atoms with Crippen LogP contribution in [0.25, 0.3) is 0 Å². The molecule has 0 aromatic carbocycles. The predicted octanol–water partition coefficient (Wildman–Crippen LogP) is -1.18. The summed E-state index contributed by atoms with van der Waals surface area (Å²) in [5.74, 6) is -2.12. The lowest BCUT2D eigenvalue weighted by Crippen LogP contribution is -2.28. The maximum absolute atomic E-state index is 10.5. The first-order valence-electron chi connectivity index (χ1n) is 3.06. The number of ether oxygens (including phenoxy) is 1. The number of hydrogen-bond acceptors (Lipinski definition) is 5. The minimum atomic E-state index is -1.35. The van der Waals surface area contributed by atoms with Crippen LogP contribution in [0.4, 0.5) is 0 Å². The smallest absolute Gasteiger partial charge is 0.342 e. The molecule has 0 saturated carbocycles. The van der Waals surface area contributed by atoms with E-state index in [-0.39, 0.29) is 0 Å². The number of aliphatic hydroxyl groups excluding tert-OH is 2. The van der Waals surface area contributed by atoms with Gasteiger partial charge in [0.1, 0.15) is 12.2 Å². The quantitative estimate of drug-likeness (QED) is 0.394. The molecule has 0 bridgehead atoms. The van der Waals surface area contributed by atoms with Gasteiger partial charge < -0.3 is 14.9 Å². The molecule has 0 spiro atoms. The van der Waals surface area contributed by atoms with Gasteiger partial charge in [-0.25, -0.2) is 9.59 Å². The van der Waals surface area contributed by atoms with Crippen molar-refractivity contribution in [1.82, 2.24) is 0 Å². The highest BCUT2D eigenvalue weighted by atomic mass is 16.6. The zero-order valence-corrected chi connectivity index (χ0v) is 6.27. The Hall–Kier alpha value is -0.940. The molecule has 64 valence electrons. The van der Waals surface area contributed by atoms with Gasteiger partial charge in [0.2, 0.25) is 0 Å². The normalized spacial score (nSPS) is 15.3. The van der Waals surface area contributed by atoms with Crippen molar-refractivity contribution in [2.45, 2.75) is 26.1 Å². The number of carbonyl (C=O) groups excluding carboxylic acids is 2. The molecule has 5 heteroatoms. The molecule has 0 heterocycles. The van der Waals surface area contributed by atoms with Crippen LogP contribution < -0.4 is 0 Å². The van der Waals surface area contributed by atoms with E-state index in [0.717, 1.165) is 13.8 Å². The van der Waals surface area contributed by atoms with Crippen LogP contribution in [0.3, 0.4) is 0 Å². The van der Waals surface area contributed by atoms with Crippen LogP contribution >= 0.6 is 0 Å². The molecule has 0 aromatic rings. The van der Waals surface area contributed by atoms with Gasteiger partial charge in [0.25, 0.3) is 0 Å². The van der Waals surface area contributed by atoms with E-state index in [4.69, 9.17) is 10.2 Å². The highest BCUT2D eigenvalue weighted by Crippen LogP contribution is 1.91. The van der Waals surface area contributed by atoms with E-state index in [1.165, 1.54) is 0 Å². The van der Waals surface area contributed by atoms with Crippen molar-refractivity contribution >= 4 is 11.9 Å². The van der Waals surface area contributed by atoms with Crippen LogP contribution in [0, 0.1) is 0 Å². The van der Waals surface area contributed by atoms with Gasteiger partial charge in [-0.2, -0.15) is 0 Å². The van der Waals surface area contributed by atoms with Gasteiger partial charge in [0.05, 0.1) is 0 Å². The lowest BCUT2D eigenvalue weighted by Gasteiger charge is -2.05. The van der Waals surface area contributed by atoms with Gasteiger partial charge in [0.15, 0.2) is 0 Å². The minimum Gasteiger partial charge on any atom is -0.389 e. The molecule has 0 aliphatic rings. The van der Waals surface area contributed by atoms with Gasteiger partial charge in [-0.05, 0) is 13.8 Å². The number of hydrogen-bond donors (Lipinski definition) is 2. The summed E-state index contributed by atoms with van der Waals surface area (Å²) in [5, 5.41) is 17.1. The molecule has 2 atom stereocenters. The zero-order valence-electron chi connectivity index (χ0n) is 6.27. The Morgan fingerprint density at radius 1 is 1.09 bits per heavy atom. The fraction of sp³-hybridized carbons (Fsp3) is 0.667. The molecule has 0 radical (unpaired) electrons. The third-order valence-corrected chi connectivity index (χ3v) is 0.883. The van der Waals surface area contributed by atoms with Crippen LogP contribution in [0.5, 0.6) is 0 Å². The van der Waals surface area contributed by atoms with Crippen molar-refractivity contribution in [3.05, 3.63) is 0 Å². The maximum Gasteiger partial charge on any atom is 0.342 e. The third-order valence-electron chi connectivity index (χ3n) is 0.883. The Kier molecular flexibility index (Phi) is 3.70. The second kappa shape index (κ2) is 4.05. The van der Waals surface area contributed by atoms with Crippen LogP contribution in [-0.2, 0) is 14.3 Å². The van der Waals surface area contributed by atoms with E-state index < -0.39 is 24.1 Å². The monoisotopic (exact) mass is 162 g/mol. The average molecular weight is 162 g/mol. The van der Waals surface area contributed by atoms with E-state index in [9.17, 15) is 9.59 Å². The zero-order chi connectivity index (χ0) is 9.02. The second-order valence-corrected chi connectivity index (χ2v) is 2.09. The molecule has 0 amide bonds. The first-order chi connectivity index (χ1) is 4.95. The Bertz CT molecular complexity index is 142. The number of rotatable bonds is 2. The third kappa shape index (κ3) is 3.69. The second-order valence-electron chi connectivity index (χ2n) is 2.09. The topological polar surface area (TPSA) is 83.8 Å². The molecule has 2 N–H and O–H groups in total. The van der Waals surface area contributed by atoms with Crippen molar-refractivity contribution in [1.29, 1.82) is 0 Å². The maximum atomic E-state index is 10.5. The largest absolute Gasteiger partial charge is 0.389 e. The summed E-state index contributed by atoms with van der Waals surface area (Å²) in [6.45, 7) is 2.33. The van der Waals surface area contributed by atoms with Crippen LogP contribution in [-0.4, -0.2) is 34.4 Å². The van der Waals surface area contributed by atoms with E-state index >= 15 is 0 Å². The lowest BCUT2D eigenvalue weighted by atomic mass is 10.4. The van der Waals surface area contributed by atoms with Crippen molar-refractivity contribution in [2.24, 2.45) is 0 Å². The van der Waals surface area contributed by atoms with Crippen molar-refractivity contribution in [2.75, 3.05) is 0 Å². The van der Waals surface area contributed by atoms with E-state index in [1.54, 1.807) is 0 Å². The number of aliphatic hydroxyl groups is 2. The van der Waals surface area contributed by atoms with E-state index in [2.05, 4.69) is 4.74 Å². The van der Waals surface area contributed by atoms with Crippen LogP contribution in [0.2, 0.25) is 0 Å². The molecule has 0 fully saturated rings. The van der Waals surface area contributed by atoms with Crippen LogP contribution in [0.1, 0.15) is 13.8 Å². The predicted molar refractivity (Wildman–Crippen MR) is 34.5 cm³/mol. The van der Waals surface area contributed by atoms with E-state index in [1.807, 2.05) is 0 Å². The van der Waals surface area contributed by atoms with Gasteiger partial charge >= 0.3 is 11.9 Å². The van der Waals surface area contributed by atoms with Crippen molar-refractivity contribution < 1.29 is 24.5 Å². The molecule has 0 saturated heterocycles. The summed E-state index contributed by atoms with van der Waals surface area (Å²) in [5.41, 5.74) is 0. The molecule has 0 aromatic heterocycles. The lowest BCUT2D eigenvalue weighted by molar-refractivity contribution is -0.170. The van der Waals surface area contributed by atoms with Gasteiger partial charge in [0, 0.05) is 0 Å². The fourth-order valence-electron chi connectivity index (χ4n) is 0.270. The molecular formula is C6H10O5. The standard InChI is InChI=1S/C6H10O5/c1-3(7)5(9)11-6(10)4(2)8/h3-4,7-8H,1-2H3/t3-,4-/m1/s1. The van der Waals surface area contributed by atoms with Crippen LogP contribution in [0.15, 0.2) is 0 Å². The summed E-state index contributed by atoms with van der Waals surface area (Å²) >= 11 is 0. The highest BCUT2D eigenvalue weighted by molar-refractivity contribution is 5.89. The minimum absolute atomic E-state index is 1.06. The fourth-order valence-corrected chi connectivity index (χ4v) is 0.270. The first kappa shape index (κ1) is 10.1. The molecule has 0 rings (SSSR count). The number of esters is 2. The molecule has 5 nitrogen and oxygen atoms in total. The molecule has 0 aliphatic carbocycles. The average Bonchev–Trinajstić information content (AvgIpc) is 1.87. The summed E-state index contributed by atoms with van der Waals surface area (Å²) in [7, 11) is 0. The molecule has 11 heavy (non-hydrogen) atoms. The highest BCUT2D eigenvalue weighted by Gasteiger charge is 2.18. The Morgan fingerprint density at radius 3 is 1.55 bits per heavy atom. The summed E-state index contributed by atoms with van der Waals surface area (Å²) in [6.07, 6.45) is -2.70. The SMILES string of the molecule is C[C@@H](O)C(=O)OC(=O)[C@@H](C)O. The molecule has 0 aliphatic heterocycles. The Balaban J connectivity index is 3.86. The van der Waals surface area contributed by atoms with Gasteiger partial charge in [-0.1, -0.05) is 0 Å². The van der Waals surface area contributed by atoms with Gasteiger partial charge in [-0.15, -0.1) is 0 Å². The van der Waals surface area contributed by atoms with Gasteiger partial charge in [-0.3, -0.25) is 0 Å².